The van der Waals surface area contributed by atoms with Crippen LogP contribution in [0.1, 0.15) is 16.1 Å². The second kappa shape index (κ2) is 5.87. The highest BCUT2D eigenvalue weighted by atomic mass is 35.5. The van der Waals surface area contributed by atoms with E-state index in [1.54, 1.807) is 18.2 Å². The molecule has 0 saturated heterocycles. The number of hydrogen-bond donors (Lipinski definition) is 0. The summed E-state index contributed by atoms with van der Waals surface area (Å²) in [5, 5.41) is 1.48. The Bertz CT molecular complexity index is 919. The summed E-state index contributed by atoms with van der Waals surface area (Å²) in [4.78, 5) is 16.9. The number of carbonyl (C=O) groups excluding carboxylic acids is 1. The first-order chi connectivity index (χ1) is 11.6. The second-order valence-electron chi connectivity index (χ2n) is 6.07. The Morgan fingerprint density at radius 3 is 2.83 bits per heavy atom. The third-order valence-corrected chi connectivity index (χ3v) is 4.68. The molecule has 2 heterocycles. The normalized spacial score (nSPS) is 14.6. The predicted octanol–water partition coefficient (Wildman–Crippen LogP) is 4.18. The smallest absolute Gasteiger partial charge is 0.289 e. The number of hydrogen-bond acceptors (Lipinski definition) is 3. The number of rotatable bonds is 1. The molecule has 0 aliphatic carbocycles. The molecule has 0 spiro atoms. The number of amides is 1. The van der Waals surface area contributed by atoms with Crippen molar-refractivity contribution in [1.82, 2.24) is 4.90 Å². The molecule has 5 heteroatoms. The Morgan fingerprint density at radius 2 is 1.96 bits per heavy atom. The van der Waals surface area contributed by atoms with Crippen LogP contribution in [0.3, 0.4) is 0 Å². The fourth-order valence-corrected chi connectivity index (χ4v) is 3.32. The van der Waals surface area contributed by atoms with Crippen molar-refractivity contribution in [2.24, 2.45) is 0 Å². The summed E-state index contributed by atoms with van der Waals surface area (Å²) in [6.07, 6.45) is 0. The Kier molecular flexibility index (Phi) is 3.69. The number of anilines is 1. The van der Waals surface area contributed by atoms with E-state index in [2.05, 4.69) is 24.1 Å². The molecule has 0 bridgehead atoms. The Morgan fingerprint density at radius 1 is 1.12 bits per heavy atom. The maximum atomic E-state index is 12.9. The third-order valence-electron chi connectivity index (χ3n) is 4.45. The van der Waals surface area contributed by atoms with Crippen molar-refractivity contribution >= 4 is 34.2 Å². The molecule has 0 unspecified atom stereocenters. The molecule has 1 amide bonds. The molecule has 0 N–H and O–H groups in total. The highest BCUT2D eigenvalue weighted by Crippen LogP contribution is 2.27. The number of halogens is 1. The van der Waals surface area contributed by atoms with Crippen LogP contribution in [0.25, 0.3) is 11.0 Å². The van der Waals surface area contributed by atoms with Crippen LogP contribution in [0.5, 0.6) is 0 Å². The Labute approximate surface area is 145 Å². The number of furan rings is 1. The van der Waals surface area contributed by atoms with Crippen molar-refractivity contribution in [3.05, 3.63) is 64.9 Å². The molecule has 4 nitrogen and oxygen atoms in total. The van der Waals surface area contributed by atoms with E-state index >= 15 is 0 Å². The van der Waals surface area contributed by atoms with Gasteiger partial charge in [0.25, 0.3) is 5.91 Å². The van der Waals surface area contributed by atoms with Gasteiger partial charge in [0.15, 0.2) is 5.76 Å². The van der Waals surface area contributed by atoms with E-state index in [0.29, 0.717) is 29.5 Å². The lowest BCUT2D eigenvalue weighted by Gasteiger charge is -2.19. The van der Waals surface area contributed by atoms with Crippen molar-refractivity contribution in [2.45, 2.75) is 6.54 Å². The van der Waals surface area contributed by atoms with Gasteiger partial charge in [0.1, 0.15) is 5.58 Å². The molecular formula is C19H17ClN2O2. The fourth-order valence-electron chi connectivity index (χ4n) is 3.14. The van der Waals surface area contributed by atoms with Gasteiger partial charge >= 0.3 is 0 Å². The Hall–Kier alpha value is -2.46. The van der Waals surface area contributed by atoms with Crippen molar-refractivity contribution in [3.8, 4) is 0 Å². The first kappa shape index (κ1) is 15.1. The zero-order valence-electron chi connectivity index (χ0n) is 13.3. The number of benzene rings is 2. The lowest BCUT2D eigenvalue weighted by Crippen LogP contribution is -2.34. The van der Waals surface area contributed by atoms with E-state index in [4.69, 9.17) is 16.0 Å². The van der Waals surface area contributed by atoms with E-state index in [1.165, 1.54) is 5.69 Å². The molecule has 122 valence electrons. The molecular weight excluding hydrogens is 324 g/mol. The van der Waals surface area contributed by atoms with Crippen LogP contribution >= 0.6 is 11.6 Å². The first-order valence-electron chi connectivity index (χ1n) is 7.89. The topological polar surface area (TPSA) is 36.7 Å². The monoisotopic (exact) mass is 340 g/mol. The van der Waals surface area contributed by atoms with Crippen molar-refractivity contribution in [3.63, 3.8) is 0 Å². The second-order valence-corrected chi connectivity index (χ2v) is 6.51. The number of fused-ring (bicyclic) bond motifs is 2. The minimum atomic E-state index is -0.0903. The third kappa shape index (κ3) is 2.63. The van der Waals surface area contributed by atoms with Crippen molar-refractivity contribution in [1.29, 1.82) is 0 Å². The molecule has 0 fully saturated rings. The summed E-state index contributed by atoms with van der Waals surface area (Å²) in [7, 11) is 2.05. The molecule has 0 radical (unpaired) electrons. The molecule has 0 saturated carbocycles. The first-order valence-corrected chi connectivity index (χ1v) is 8.27. The average molecular weight is 341 g/mol. The van der Waals surface area contributed by atoms with Crippen LogP contribution in [-0.2, 0) is 6.54 Å². The average Bonchev–Trinajstić information content (AvgIpc) is 2.93. The van der Waals surface area contributed by atoms with E-state index in [-0.39, 0.29) is 5.91 Å². The van der Waals surface area contributed by atoms with Gasteiger partial charge in [-0.15, -0.1) is 0 Å². The molecule has 2 aromatic carbocycles. The maximum absolute atomic E-state index is 12.9. The quantitative estimate of drug-likeness (QED) is 0.667. The molecule has 3 aromatic rings. The van der Waals surface area contributed by atoms with E-state index in [0.717, 1.165) is 17.5 Å². The summed E-state index contributed by atoms with van der Waals surface area (Å²) in [5.41, 5.74) is 2.99. The minimum absolute atomic E-state index is 0.0903. The van der Waals surface area contributed by atoms with E-state index in [1.807, 2.05) is 23.1 Å². The van der Waals surface area contributed by atoms with Gasteiger partial charge in [-0.2, -0.15) is 0 Å². The summed E-state index contributed by atoms with van der Waals surface area (Å²) in [6.45, 7) is 2.02. The van der Waals surface area contributed by atoms with Gasteiger partial charge in [0.2, 0.25) is 0 Å². The molecule has 1 aliphatic rings. The van der Waals surface area contributed by atoms with Crippen LogP contribution in [0.2, 0.25) is 5.02 Å². The van der Waals surface area contributed by atoms with Crippen LogP contribution in [0, 0.1) is 0 Å². The number of para-hydroxylation sites is 1. The zero-order valence-corrected chi connectivity index (χ0v) is 14.1. The van der Waals surface area contributed by atoms with Crippen LogP contribution < -0.4 is 4.90 Å². The molecule has 1 aromatic heterocycles. The van der Waals surface area contributed by atoms with Gasteiger partial charge in [0, 0.05) is 42.8 Å². The van der Waals surface area contributed by atoms with Gasteiger partial charge < -0.3 is 14.2 Å². The molecule has 1 aliphatic heterocycles. The van der Waals surface area contributed by atoms with Crippen molar-refractivity contribution < 1.29 is 9.21 Å². The molecule has 24 heavy (non-hydrogen) atoms. The van der Waals surface area contributed by atoms with Gasteiger partial charge in [0.05, 0.1) is 0 Å². The van der Waals surface area contributed by atoms with Crippen molar-refractivity contribution in [2.75, 3.05) is 25.0 Å². The lowest BCUT2D eigenvalue weighted by molar-refractivity contribution is 0.0722. The number of carbonyl (C=O) groups is 1. The van der Waals surface area contributed by atoms with Crippen LogP contribution in [0.4, 0.5) is 5.69 Å². The van der Waals surface area contributed by atoms with Crippen LogP contribution in [0.15, 0.2) is 52.9 Å². The van der Waals surface area contributed by atoms with E-state index in [9.17, 15) is 4.79 Å². The van der Waals surface area contributed by atoms with Gasteiger partial charge in [-0.3, -0.25) is 4.79 Å². The number of nitrogens with zero attached hydrogens (tertiary/aromatic N) is 2. The lowest BCUT2D eigenvalue weighted by atomic mass is 10.1. The largest absolute Gasteiger partial charge is 0.451 e. The van der Waals surface area contributed by atoms with Gasteiger partial charge in [-0.25, -0.2) is 0 Å². The fraction of sp³-hybridized carbons (Fsp3) is 0.211. The SMILES string of the molecule is CN1CCN(C(=O)c2cc3cc(Cl)ccc3o2)Cc2ccccc21. The summed E-state index contributed by atoms with van der Waals surface area (Å²) in [6, 6.07) is 15.3. The van der Waals surface area contributed by atoms with Crippen LogP contribution in [-0.4, -0.2) is 30.9 Å². The molecule has 4 rings (SSSR count). The Balaban J connectivity index is 1.66. The highest BCUT2D eigenvalue weighted by Gasteiger charge is 2.24. The highest BCUT2D eigenvalue weighted by molar-refractivity contribution is 6.31. The zero-order chi connectivity index (χ0) is 16.7. The summed E-state index contributed by atoms with van der Waals surface area (Å²) < 4.78 is 5.73. The standard InChI is InChI=1S/C19H17ClN2O2/c1-21-8-9-22(12-13-4-2-3-5-16(13)21)19(23)18-11-14-10-15(20)6-7-17(14)24-18/h2-7,10-11H,8-9,12H2,1H3. The predicted molar refractivity (Wildman–Crippen MR) is 95.7 cm³/mol. The number of likely N-dealkylation sites (N-methyl/N-ethyl adjacent to an activating group) is 1. The van der Waals surface area contributed by atoms with Gasteiger partial charge in [-0.05, 0) is 35.9 Å². The maximum Gasteiger partial charge on any atom is 0.289 e. The molecule has 0 atom stereocenters. The minimum Gasteiger partial charge on any atom is -0.451 e. The summed E-state index contributed by atoms with van der Waals surface area (Å²) in [5.74, 6) is 0.265. The van der Waals surface area contributed by atoms with Gasteiger partial charge in [-0.1, -0.05) is 29.8 Å². The summed E-state index contributed by atoms with van der Waals surface area (Å²) >= 11 is 6.01. The van der Waals surface area contributed by atoms with E-state index < -0.39 is 0 Å².